The first-order valence-electron chi connectivity index (χ1n) is 6.83. The van der Waals surface area contributed by atoms with Crippen molar-refractivity contribution >= 4 is 0 Å². The third-order valence-corrected chi connectivity index (χ3v) is 3.48. The summed E-state index contributed by atoms with van der Waals surface area (Å²) in [6.07, 6.45) is 7.77. The molecule has 0 aliphatic carbocycles. The van der Waals surface area contributed by atoms with E-state index in [9.17, 15) is 0 Å². The van der Waals surface area contributed by atoms with E-state index in [0.29, 0.717) is 6.04 Å². The van der Waals surface area contributed by atoms with Crippen LogP contribution in [-0.4, -0.2) is 21.3 Å². The Balaban J connectivity index is 2.18. The van der Waals surface area contributed by atoms with Crippen LogP contribution in [0.2, 0.25) is 0 Å². The van der Waals surface area contributed by atoms with Crippen LogP contribution in [0.5, 0.6) is 0 Å². The van der Waals surface area contributed by atoms with Crippen molar-refractivity contribution in [3.63, 3.8) is 0 Å². The highest BCUT2D eigenvalue weighted by atomic mass is 15.3. The zero-order valence-electron chi connectivity index (χ0n) is 11.9. The van der Waals surface area contributed by atoms with E-state index in [2.05, 4.69) is 41.4 Å². The Hall–Kier alpha value is -1.68. The molecule has 1 atom stereocenters. The van der Waals surface area contributed by atoms with Gasteiger partial charge < -0.3 is 5.32 Å². The van der Waals surface area contributed by atoms with Gasteiger partial charge in [0, 0.05) is 36.7 Å². The van der Waals surface area contributed by atoms with E-state index in [0.717, 1.165) is 19.4 Å². The summed E-state index contributed by atoms with van der Waals surface area (Å²) in [6.45, 7) is 5.33. The maximum Gasteiger partial charge on any atom is 0.0540 e. The lowest BCUT2D eigenvalue weighted by Crippen LogP contribution is -2.24. The van der Waals surface area contributed by atoms with Crippen molar-refractivity contribution in [1.29, 1.82) is 0 Å². The molecule has 0 bridgehead atoms. The van der Waals surface area contributed by atoms with Crippen LogP contribution in [0, 0.1) is 6.92 Å². The molecule has 2 aromatic heterocycles. The predicted molar refractivity (Wildman–Crippen MR) is 76.9 cm³/mol. The first kappa shape index (κ1) is 13.7. The summed E-state index contributed by atoms with van der Waals surface area (Å²) in [4.78, 5) is 4.07. The monoisotopic (exact) mass is 258 g/mol. The summed E-state index contributed by atoms with van der Waals surface area (Å²) in [5.41, 5.74) is 3.81. The van der Waals surface area contributed by atoms with E-state index in [1.165, 1.54) is 16.8 Å². The molecular formula is C15H22N4. The first-order valence-corrected chi connectivity index (χ1v) is 6.83. The third kappa shape index (κ3) is 3.41. The first-order chi connectivity index (χ1) is 9.22. The van der Waals surface area contributed by atoms with Gasteiger partial charge in [0.25, 0.3) is 0 Å². The Kier molecular flexibility index (Phi) is 4.68. The van der Waals surface area contributed by atoms with Crippen LogP contribution in [0.25, 0.3) is 0 Å². The molecule has 0 radical (unpaired) electrons. The lowest BCUT2D eigenvalue weighted by atomic mass is 10.00. The molecule has 4 nitrogen and oxygen atoms in total. The number of pyridine rings is 1. The van der Waals surface area contributed by atoms with Gasteiger partial charge in [-0.25, -0.2) is 0 Å². The summed E-state index contributed by atoms with van der Waals surface area (Å²) < 4.78 is 1.93. The molecule has 0 aliphatic rings. The quantitative estimate of drug-likeness (QED) is 0.865. The highest BCUT2D eigenvalue weighted by Crippen LogP contribution is 2.21. The van der Waals surface area contributed by atoms with Gasteiger partial charge in [0.15, 0.2) is 0 Å². The highest BCUT2D eigenvalue weighted by molar-refractivity contribution is 5.24. The molecule has 0 saturated heterocycles. The summed E-state index contributed by atoms with van der Waals surface area (Å²) in [7, 11) is 1.99. The molecule has 4 heteroatoms. The minimum Gasteiger partial charge on any atom is -0.310 e. The maximum absolute atomic E-state index is 4.35. The van der Waals surface area contributed by atoms with Crippen molar-refractivity contribution in [1.82, 2.24) is 20.1 Å². The van der Waals surface area contributed by atoms with Crippen LogP contribution in [0.4, 0.5) is 0 Å². The van der Waals surface area contributed by atoms with Crippen LogP contribution in [0.15, 0.2) is 30.7 Å². The van der Waals surface area contributed by atoms with E-state index in [1.807, 2.05) is 30.3 Å². The molecule has 0 aromatic carbocycles. The molecule has 1 N–H and O–H groups in total. The van der Waals surface area contributed by atoms with Gasteiger partial charge in [0.2, 0.25) is 0 Å². The van der Waals surface area contributed by atoms with Gasteiger partial charge in [-0.05, 0) is 44.0 Å². The number of nitrogens with one attached hydrogen (secondary N) is 1. The number of hydrogen-bond acceptors (Lipinski definition) is 3. The van der Waals surface area contributed by atoms with E-state index in [-0.39, 0.29) is 0 Å². The molecule has 0 amide bonds. The second-order valence-electron chi connectivity index (χ2n) is 4.88. The molecule has 0 spiro atoms. The molecule has 2 rings (SSSR count). The molecule has 19 heavy (non-hydrogen) atoms. The summed E-state index contributed by atoms with van der Waals surface area (Å²) in [5.74, 6) is 0. The average molecular weight is 258 g/mol. The molecule has 1 unspecified atom stereocenters. The largest absolute Gasteiger partial charge is 0.310 e. The van der Waals surface area contributed by atoms with E-state index in [4.69, 9.17) is 0 Å². The fraction of sp³-hybridized carbons (Fsp3) is 0.467. The SMILES string of the molecule is CCCNC(Cc1ccncc1)c1cnn(C)c1C. The topological polar surface area (TPSA) is 42.7 Å². The van der Waals surface area contributed by atoms with E-state index >= 15 is 0 Å². The van der Waals surface area contributed by atoms with Crippen LogP contribution < -0.4 is 5.32 Å². The number of nitrogens with zero attached hydrogens (tertiary/aromatic N) is 3. The maximum atomic E-state index is 4.35. The van der Waals surface area contributed by atoms with Gasteiger partial charge in [-0.2, -0.15) is 5.10 Å². The predicted octanol–water partition coefficient (Wildman–Crippen LogP) is 2.41. The zero-order valence-corrected chi connectivity index (χ0v) is 11.9. The third-order valence-electron chi connectivity index (χ3n) is 3.48. The van der Waals surface area contributed by atoms with E-state index < -0.39 is 0 Å². The Morgan fingerprint density at radius 1 is 1.32 bits per heavy atom. The Morgan fingerprint density at radius 2 is 2.05 bits per heavy atom. The number of aromatic nitrogens is 3. The van der Waals surface area contributed by atoms with Crippen molar-refractivity contribution in [2.75, 3.05) is 6.54 Å². The molecule has 2 heterocycles. The van der Waals surface area contributed by atoms with Gasteiger partial charge in [-0.1, -0.05) is 6.92 Å². The van der Waals surface area contributed by atoms with Gasteiger partial charge in [-0.15, -0.1) is 0 Å². The van der Waals surface area contributed by atoms with Gasteiger partial charge in [-0.3, -0.25) is 9.67 Å². The number of rotatable bonds is 6. The molecule has 2 aromatic rings. The van der Waals surface area contributed by atoms with Crippen molar-refractivity contribution in [3.8, 4) is 0 Å². The molecular weight excluding hydrogens is 236 g/mol. The minimum atomic E-state index is 0.316. The van der Waals surface area contributed by atoms with Crippen molar-refractivity contribution < 1.29 is 0 Å². The highest BCUT2D eigenvalue weighted by Gasteiger charge is 2.16. The van der Waals surface area contributed by atoms with Gasteiger partial charge >= 0.3 is 0 Å². The number of hydrogen-bond donors (Lipinski definition) is 1. The molecule has 0 fully saturated rings. The molecule has 0 aliphatic heterocycles. The minimum absolute atomic E-state index is 0.316. The zero-order chi connectivity index (χ0) is 13.7. The Morgan fingerprint density at radius 3 is 2.63 bits per heavy atom. The van der Waals surface area contributed by atoms with Crippen LogP contribution in [0.1, 0.15) is 36.2 Å². The normalized spacial score (nSPS) is 12.6. The van der Waals surface area contributed by atoms with Crippen LogP contribution >= 0.6 is 0 Å². The van der Waals surface area contributed by atoms with Gasteiger partial charge in [0.1, 0.15) is 0 Å². The average Bonchev–Trinajstić information content (AvgIpc) is 2.76. The number of aryl methyl sites for hydroxylation is 1. The smallest absolute Gasteiger partial charge is 0.0540 e. The Bertz CT molecular complexity index is 504. The van der Waals surface area contributed by atoms with Crippen molar-refractivity contribution in [2.24, 2.45) is 7.05 Å². The fourth-order valence-corrected chi connectivity index (χ4v) is 2.22. The fourth-order valence-electron chi connectivity index (χ4n) is 2.22. The summed E-state index contributed by atoms with van der Waals surface area (Å²) in [6, 6.07) is 4.47. The second-order valence-corrected chi connectivity index (χ2v) is 4.88. The van der Waals surface area contributed by atoms with Crippen molar-refractivity contribution in [3.05, 3.63) is 47.5 Å². The van der Waals surface area contributed by atoms with Gasteiger partial charge in [0.05, 0.1) is 6.20 Å². The lowest BCUT2D eigenvalue weighted by molar-refractivity contribution is 0.526. The Labute approximate surface area is 114 Å². The molecule has 102 valence electrons. The summed E-state index contributed by atoms with van der Waals surface area (Å²) >= 11 is 0. The standard InChI is InChI=1S/C15H22N4/c1-4-7-17-15(10-13-5-8-16-9-6-13)14-11-18-19(3)12(14)2/h5-6,8-9,11,15,17H,4,7,10H2,1-3H3. The van der Waals surface area contributed by atoms with Crippen LogP contribution in [0.3, 0.4) is 0 Å². The second kappa shape index (κ2) is 6.48. The van der Waals surface area contributed by atoms with E-state index in [1.54, 1.807) is 0 Å². The lowest BCUT2D eigenvalue weighted by Gasteiger charge is -2.18. The molecule has 0 saturated carbocycles. The summed E-state index contributed by atoms with van der Waals surface area (Å²) in [5, 5.41) is 7.97. The van der Waals surface area contributed by atoms with Crippen molar-refractivity contribution in [2.45, 2.75) is 32.7 Å². The van der Waals surface area contributed by atoms with Crippen LogP contribution in [-0.2, 0) is 13.5 Å².